The molecule has 308 valence electrons. The highest BCUT2D eigenvalue weighted by Crippen LogP contribution is 2.25. The van der Waals surface area contributed by atoms with Gasteiger partial charge in [-0.25, -0.2) is 9.59 Å². The van der Waals surface area contributed by atoms with Crippen LogP contribution in [0.5, 0.6) is 0 Å². The number of ether oxygens (including phenoxy) is 5. The van der Waals surface area contributed by atoms with Gasteiger partial charge in [-0.1, -0.05) is 36.4 Å². The van der Waals surface area contributed by atoms with E-state index >= 15 is 0 Å². The predicted octanol–water partition coefficient (Wildman–Crippen LogP) is 4.00. The number of hydrogen-bond donors (Lipinski definition) is 3. The molecule has 2 aromatic carbocycles. The highest BCUT2D eigenvalue weighted by Gasteiger charge is 2.31. The van der Waals surface area contributed by atoms with Gasteiger partial charge in [-0.05, 0) is 89.0 Å². The molecular formula is C41H59N5O10. The number of nitrogens with zero attached hydrogens (tertiary/aromatic N) is 2. The molecule has 15 heteroatoms. The van der Waals surface area contributed by atoms with E-state index in [1.54, 1.807) is 32.4 Å². The lowest BCUT2D eigenvalue weighted by atomic mass is 10.0. The first-order chi connectivity index (χ1) is 26.7. The number of imide groups is 1. The van der Waals surface area contributed by atoms with Gasteiger partial charge in [0.25, 0.3) is 0 Å². The first-order valence-corrected chi connectivity index (χ1v) is 19.5. The van der Waals surface area contributed by atoms with Crippen LogP contribution >= 0.6 is 0 Å². The van der Waals surface area contributed by atoms with Crippen molar-refractivity contribution in [1.29, 1.82) is 0 Å². The van der Waals surface area contributed by atoms with Crippen molar-refractivity contribution >= 4 is 34.8 Å². The molecule has 0 aliphatic carbocycles. The molecule has 0 saturated carbocycles. The van der Waals surface area contributed by atoms with E-state index < -0.39 is 35.6 Å². The van der Waals surface area contributed by atoms with E-state index in [4.69, 9.17) is 29.4 Å². The largest absolute Gasteiger partial charge is 0.444 e. The van der Waals surface area contributed by atoms with Crippen LogP contribution in [0.25, 0.3) is 11.0 Å². The number of nitrogens with one attached hydrogen (secondary N) is 2. The zero-order valence-corrected chi connectivity index (χ0v) is 33.4. The van der Waals surface area contributed by atoms with Crippen molar-refractivity contribution < 1.29 is 42.9 Å². The van der Waals surface area contributed by atoms with Gasteiger partial charge in [-0.3, -0.25) is 28.8 Å². The smallest absolute Gasteiger partial charge is 0.407 e. The van der Waals surface area contributed by atoms with Gasteiger partial charge < -0.3 is 34.7 Å². The molecule has 3 aromatic rings. The molecule has 2 heterocycles. The number of carbonyl (C=O) groups excluding carboxylic acids is 4. The number of nitrogens with two attached hydrogens (primary N) is 1. The SMILES string of the molecule is C[C@@H](OCc1ccc(CCCOCCOCCOCCCc2cccc3c2n(C)c(=O)n3C2CCC(=O)NC2=O)cc1)[C@H](CCC(N)=O)NC(=O)OC(C)(C)C. The molecule has 4 amide bonds. The topological polar surface area (TPSA) is 191 Å². The highest BCUT2D eigenvalue weighted by atomic mass is 16.6. The third-order valence-corrected chi connectivity index (χ3v) is 9.45. The second-order valence-corrected chi connectivity index (χ2v) is 15.1. The number of para-hydroxylation sites is 1. The molecule has 1 aliphatic rings. The average Bonchev–Trinajstić information content (AvgIpc) is 3.39. The fraction of sp³-hybridized carbons (Fsp3) is 0.585. The maximum absolute atomic E-state index is 13.1. The Hall–Kier alpha value is -4.57. The Balaban J connectivity index is 1.05. The number of benzene rings is 2. The van der Waals surface area contributed by atoms with Crippen LogP contribution in [-0.4, -0.2) is 90.3 Å². The zero-order valence-electron chi connectivity index (χ0n) is 33.4. The molecule has 0 bridgehead atoms. The Kier molecular flexibility index (Phi) is 17.1. The monoisotopic (exact) mass is 781 g/mol. The summed E-state index contributed by atoms with van der Waals surface area (Å²) in [7, 11) is 1.71. The molecule has 3 atom stereocenters. The summed E-state index contributed by atoms with van der Waals surface area (Å²) in [6.07, 6.45) is 3.24. The summed E-state index contributed by atoms with van der Waals surface area (Å²) in [5, 5.41) is 5.16. The van der Waals surface area contributed by atoms with Crippen LogP contribution in [0, 0.1) is 0 Å². The van der Waals surface area contributed by atoms with Crippen molar-refractivity contribution in [3.63, 3.8) is 0 Å². The molecular weight excluding hydrogens is 722 g/mol. The van der Waals surface area contributed by atoms with E-state index in [2.05, 4.69) is 22.8 Å². The number of piperidine rings is 1. The van der Waals surface area contributed by atoms with Gasteiger partial charge in [0, 0.05) is 33.1 Å². The van der Waals surface area contributed by atoms with E-state index in [1.165, 1.54) is 10.1 Å². The number of hydrogen-bond acceptors (Lipinski definition) is 10. The molecule has 0 spiro atoms. The van der Waals surface area contributed by atoms with Crippen LogP contribution < -0.4 is 22.1 Å². The van der Waals surface area contributed by atoms with Gasteiger partial charge in [0.15, 0.2) is 0 Å². The van der Waals surface area contributed by atoms with E-state index in [0.717, 1.165) is 35.9 Å². The molecule has 15 nitrogen and oxygen atoms in total. The van der Waals surface area contributed by atoms with E-state index in [9.17, 15) is 24.0 Å². The average molecular weight is 782 g/mol. The fourth-order valence-corrected chi connectivity index (χ4v) is 6.56. The van der Waals surface area contributed by atoms with Gasteiger partial charge in [0.1, 0.15) is 11.6 Å². The second kappa shape index (κ2) is 21.7. The van der Waals surface area contributed by atoms with Crippen LogP contribution in [0.2, 0.25) is 0 Å². The quantitative estimate of drug-likeness (QED) is 0.0937. The van der Waals surface area contributed by atoms with Gasteiger partial charge in [0.2, 0.25) is 17.7 Å². The third-order valence-electron chi connectivity index (χ3n) is 9.45. The van der Waals surface area contributed by atoms with Crippen LogP contribution in [0.3, 0.4) is 0 Å². The summed E-state index contributed by atoms with van der Waals surface area (Å²) in [4.78, 5) is 60.9. The van der Waals surface area contributed by atoms with E-state index in [-0.39, 0.29) is 30.5 Å². The van der Waals surface area contributed by atoms with Crippen molar-refractivity contribution in [3.8, 4) is 0 Å². The minimum absolute atomic E-state index is 0.122. The molecule has 4 N–H and O–H groups in total. The molecule has 1 fully saturated rings. The summed E-state index contributed by atoms with van der Waals surface area (Å²) in [5.41, 5.74) is 9.07. The molecule has 56 heavy (non-hydrogen) atoms. The van der Waals surface area contributed by atoms with Crippen molar-refractivity contribution in [2.24, 2.45) is 12.8 Å². The van der Waals surface area contributed by atoms with Crippen molar-refractivity contribution in [1.82, 2.24) is 19.8 Å². The highest BCUT2D eigenvalue weighted by molar-refractivity contribution is 6.00. The predicted molar refractivity (Wildman–Crippen MR) is 210 cm³/mol. The Labute approximate surface area is 328 Å². The molecule has 1 aliphatic heterocycles. The number of primary amides is 1. The number of fused-ring (bicyclic) bond motifs is 1. The van der Waals surface area contributed by atoms with Gasteiger partial charge in [-0.2, -0.15) is 0 Å². The summed E-state index contributed by atoms with van der Waals surface area (Å²) in [5.74, 6) is -1.20. The number of amides is 4. The minimum atomic E-state index is -0.706. The fourth-order valence-electron chi connectivity index (χ4n) is 6.56. The van der Waals surface area contributed by atoms with Gasteiger partial charge >= 0.3 is 11.8 Å². The maximum Gasteiger partial charge on any atom is 0.407 e. The van der Waals surface area contributed by atoms with Crippen LogP contribution in [-0.2, 0) is 64.6 Å². The van der Waals surface area contributed by atoms with E-state index in [0.29, 0.717) is 71.0 Å². The Morgan fingerprint density at radius 1 is 0.911 bits per heavy atom. The lowest BCUT2D eigenvalue weighted by molar-refractivity contribution is -0.135. The van der Waals surface area contributed by atoms with Gasteiger partial charge in [-0.15, -0.1) is 0 Å². The zero-order chi connectivity index (χ0) is 40.7. The van der Waals surface area contributed by atoms with Crippen LogP contribution in [0.15, 0.2) is 47.3 Å². The van der Waals surface area contributed by atoms with Crippen molar-refractivity contribution in [2.45, 2.75) is 109 Å². The van der Waals surface area contributed by atoms with Crippen LogP contribution in [0.4, 0.5) is 4.79 Å². The Morgan fingerprint density at radius 2 is 1.54 bits per heavy atom. The number of rotatable bonds is 23. The number of imidazole rings is 1. The standard InChI is InChI=1S/C41H59N5O10/c1-28(32(17-19-35(42)47)43-39(50)56-41(2,3)4)55-27-30-15-13-29(14-16-30)9-7-21-52-23-25-54-26-24-53-22-8-11-31-10-6-12-33-37(31)45(5)40(51)46(33)34-18-20-36(48)44-38(34)49/h6,10,12-16,28,32,34H,7-9,11,17-27H2,1-5H3,(H2,42,47)(H,43,50)(H,44,48,49)/t28-,32+,34?/m1/s1. The summed E-state index contributed by atoms with van der Waals surface area (Å²) in [6, 6.07) is 12.7. The first-order valence-electron chi connectivity index (χ1n) is 19.5. The van der Waals surface area contributed by atoms with Crippen molar-refractivity contribution in [2.75, 3.05) is 39.6 Å². The van der Waals surface area contributed by atoms with Crippen LogP contribution in [0.1, 0.15) is 89.0 Å². The summed E-state index contributed by atoms with van der Waals surface area (Å²) >= 11 is 0. The Morgan fingerprint density at radius 3 is 2.16 bits per heavy atom. The number of aryl methyl sites for hydroxylation is 3. The molecule has 0 radical (unpaired) electrons. The normalized spacial score (nSPS) is 15.8. The first kappa shape index (κ1) is 44.1. The Bertz CT molecular complexity index is 1810. The molecule has 1 unspecified atom stereocenters. The maximum atomic E-state index is 13.1. The molecule has 1 saturated heterocycles. The van der Waals surface area contributed by atoms with Crippen molar-refractivity contribution in [3.05, 3.63) is 69.6 Å². The third kappa shape index (κ3) is 13.9. The lowest BCUT2D eigenvalue weighted by Crippen LogP contribution is -2.45. The van der Waals surface area contributed by atoms with E-state index in [1.807, 2.05) is 37.3 Å². The second-order valence-electron chi connectivity index (χ2n) is 15.1. The number of aromatic nitrogens is 2. The summed E-state index contributed by atoms with van der Waals surface area (Å²) < 4.78 is 31.6. The molecule has 1 aromatic heterocycles. The lowest BCUT2D eigenvalue weighted by Gasteiger charge is -2.27. The molecule has 4 rings (SSSR count). The summed E-state index contributed by atoms with van der Waals surface area (Å²) in [6.45, 7) is 10.6. The van der Waals surface area contributed by atoms with Gasteiger partial charge in [0.05, 0.1) is 56.2 Å². The number of carbonyl (C=O) groups is 4. The number of alkyl carbamates (subject to hydrolysis) is 1. The minimum Gasteiger partial charge on any atom is -0.444 e.